The Morgan fingerprint density at radius 2 is 1.59 bits per heavy atom. The van der Waals surface area contributed by atoms with Crippen molar-refractivity contribution in [3.05, 3.63) is 40.3 Å². The minimum absolute atomic E-state index is 0.0608. The largest absolute Gasteiger partial charge is 0.478 e. The number of benzene rings is 1. The Balaban J connectivity index is 1.37. The van der Waals surface area contributed by atoms with Gasteiger partial charge in [-0.25, -0.2) is 9.78 Å². The van der Waals surface area contributed by atoms with Gasteiger partial charge in [-0.15, -0.1) is 0 Å². The summed E-state index contributed by atoms with van der Waals surface area (Å²) in [6, 6.07) is 8.82. The van der Waals surface area contributed by atoms with Crippen molar-refractivity contribution in [1.29, 1.82) is 0 Å². The van der Waals surface area contributed by atoms with Gasteiger partial charge in [0.15, 0.2) is 11.4 Å². The lowest BCUT2D eigenvalue weighted by Gasteiger charge is -2.55. The Labute approximate surface area is 239 Å². The maximum Gasteiger partial charge on any atom is 0.350 e. The molecule has 0 unspecified atom stereocenters. The van der Waals surface area contributed by atoms with Crippen molar-refractivity contribution in [1.82, 2.24) is 14.5 Å². The summed E-state index contributed by atoms with van der Waals surface area (Å²) in [5.74, 6) is -0.554. The molecule has 2 saturated heterocycles. The fraction of sp³-hybridized carbons (Fsp3) is 0.645. The first-order valence-electron chi connectivity index (χ1n) is 15.2. The Hall–Kier alpha value is -3.27. The molecule has 1 amide bonds. The van der Waals surface area contributed by atoms with Gasteiger partial charge in [0.25, 0.3) is 11.5 Å². The van der Waals surface area contributed by atoms with E-state index in [4.69, 9.17) is 10.6 Å². The van der Waals surface area contributed by atoms with Crippen molar-refractivity contribution >= 4 is 28.6 Å². The van der Waals surface area contributed by atoms with Crippen LogP contribution in [0.1, 0.15) is 96.2 Å². The number of oxime groups is 1. The summed E-state index contributed by atoms with van der Waals surface area (Å²) in [6.07, 6.45) is 13.4. The van der Waals surface area contributed by atoms with E-state index in [9.17, 15) is 19.5 Å². The SMILES string of the molecule is CC(C)(O/N=C(\C(N)=O)c1nc2ccccc2n([C@H]2C[C@H]3CCC[C@@H](C2)N3[C@H]2C[C@@H]3CCC[C@@H](C3)C2)c1=O)C(=O)O. The van der Waals surface area contributed by atoms with E-state index in [-0.39, 0.29) is 11.7 Å². The minimum Gasteiger partial charge on any atom is -0.478 e. The summed E-state index contributed by atoms with van der Waals surface area (Å²) in [4.78, 5) is 50.7. The van der Waals surface area contributed by atoms with Crippen molar-refractivity contribution in [3.8, 4) is 0 Å². The van der Waals surface area contributed by atoms with Crippen LogP contribution in [0, 0.1) is 11.8 Å². The standard InChI is InChI=1S/C31H41N5O5/c1-31(2,30(39)40)41-34-26(28(32)37)27-29(38)36(25-12-4-3-11-24(25)33-27)23-16-20-9-6-10-21(17-23)35(20)22-14-18-7-5-8-19(13-18)15-22/h3-4,11-12,18-23H,5-10,13-17H2,1-2H3,(H2,32,37)(H,39,40)/b34-26-/t18-,19+,20-,21+,22+,23+. The number of hydrogen-bond donors (Lipinski definition) is 2. The average molecular weight is 564 g/mol. The van der Waals surface area contributed by atoms with E-state index in [2.05, 4.69) is 15.0 Å². The number of rotatable bonds is 7. The number of aromatic nitrogens is 2. The molecule has 6 atom stereocenters. The number of nitrogens with two attached hydrogens (primary N) is 1. The molecule has 10 nitrogen and oxygen atoms in total. The predicted octanol–water partition coefficient (Wildman–Crippen LogP) is 3.99. The first kappa shape index (κ1) is 27.9. The number of aliphatic carboxylic acids is 1. The molecule has 3 heterocycles. The average Bonchev–Trinajstić information content (AvgIpc) is 2.92. The highest BCUT2D eigenvalue weighted by molar-refractivity contribution is 6.44. The Morgan fingerprint density at radius 3 is 2.22 bits per heavy atom. The molecule has 4 fully saturated rings. The van der Waals surface area contributed by atoms with Crippen LogP contribution in [-0.4, -0.2) is 60.9 Å². The van der Waals surface area contributed by atoms with Crippen LogP contribution in [0.15, 0.2) is 34.2 Å². The molecule has 2 saturated carbocycles. The van der Waals surface area contributed by atoms with E-state index in [1.54, 1.807) is 10.6 Å². The number of para-hydroxylation sites is 2. The number of primary amides is 1. The molecule has 4 bridgehead atoms. The van der Waals surface area contributed by atoms with Gasteiger partial charge >= 0.3 is 5.97 Å². The summed E-state index contributed by atoms with van der Waals surface area (Å²) in [5.41, 5.74) is 4.01. The highest BCUT2D eigenvalue weighted by Crippen LogP contribution is 2.47. The lowest BCUT2D eigenvalue weighted by atomic mass is 9.68. The second-order valence-electron chi connectivity index (χ2n) is 13.2. The van der Waals surface area contributed by atoms with Crippen molar-refractivity contribution in [2.75, 3.05) is 0 Å². The molecular weight excluding hydrogens is 522 g/mol. The molecule has 0 radical (unpaired) electrons. The van der Waals surface area contributed by atoms with Gasteiger partial charge in [-0.05, 0) is 82.8 Å². The van der Waals surface area contributed by atoms with Crippen molar-refractivity contribution in [2.45, 2.75) is 114 Å². The molecule has 6 rings (SSSR count). The number of piperidine rings is 2. The van der Waals surface area contributed by atoms with E-state index in [1.165, 1.54) is 58.8 Å². The zero-order valence-corrected chi connectivity index (χ0v) is 24.0. The minimum atomic E-state index is -1.72. The number of carboxylic acids is 1. The maximum atomic E-state index is 14.1. The van der Waals surface area contributed by atoms with E-state index >= 15 is 0 Å². The van der Waals surface area contributed by atoms with Gasteiger partial charge in [0, 0.05) is 24.2 Å². The summed E-state index contributed by atoms with van der Waals surface area (Å²) in [7, 11) is 0. The van der Waals surface area contributed by atoms with Crippen LogP contribution in [0.3, 0.4) is 0 Å². The van der Waals surface area contributed by atoms with Crippen molar-refractivity contribution in [3.63, 3.8) is 0 Å². The zero-order valence-electron chi connectivity index (χ0n) is 24.0. The third-order valence-electron chi connectivity index (χ3n) is 10.0. The van der Waals surface area contributed by atoms with E-state index in [0.29, 0.717) is 29.2 Å². The smallest absolute Gasteiger partial charge is 0.350 e. The number of carbonyl (C=O) groups excluding carboxylic acids is 1. The van der Waals surface area contributed by atoms with E-state index < -0.39 is 28.7 Å². The van der Waals surface area contributed by atoms with E-state index in [0.717, 1.165) is 37.5 Å². The number of nitrogens with zero attached hydrogens (tertiary/aromatic N) is 4. The summed E-state index contributed by atoms with van der Waals surface area (Å²) < 4.78 is 1.79. The highest BCUT2D eigenvalue weighted by atomic mass is 16.7. The van der Waals surface area contributed by atoms with Gasteiger partial charge in [-0.2, -0.15) is 0 Å². The predicted molar refractivity (Wildman–Crippen MR) is 155 cm³/mol. The molecule has 2 aliphatic carbocycles. The molecular formula is C31H41N5O5. The van der Waals surface area contributed by atoms with E-state index in [1.807, 2.05) is 18.2 Å². The number of hydrogen-bond acceptors (Lipinski definition) is 7. The lowest BCUT2D eigenvalue weighted by molar-refractivity contribution is -0.161. The number of fused-ring (bicyclic) bond motifs is 5. The quantitative estimate of drug-likeness (QED) is 0.383. The van der Waals surface area contributed by atoms with Gasteiger partial charge in [-0.1, -0.05) is 43.0 Å². The fourth-order valence-electron chi connectivity index (χ4n) is 8.21. The lowest BCUT2D eigenvalue weighted by Crippen LogP contribution is -2.58. The summed E-state index contributed by atoms with van der Waals surface area (Å²) >= 11 is 0. The van der Waals surface area contributed by atoms with Crippen LogP contribution in [-0.2, 0) is 14.4 Å². The summed E-state index contributed by atoms with van der Waals surface area (Å²) in [6.45, 7) is 2.60. The molecule has 0 spiro atoms. The summed E-state index contributed by atoms with van der Waals surface area (Å²) in [5, 5.41) is 13.2. The van der Waals surface area contributed by atoms with Gasteiger partial charge < -0.3 is 20.2 Å². The maximum absolute atomic E-state index is 14.1. The Bertz CT molecular complexity index is 1410. The normalized spacial score (nSPS) is 30.6. The van der Waals surface area contributed by atoms with Crippen LogP contribution in [0.2, 0.25) is 0 Å². The second-order valence-corrected chi connectivity index (χ2v) is 13.2. The van der Waals surface area contributed by atoms with Gasteiger partial charge in [0.1, 0.15) is 0 Å². The molecule has 220 valence electrons. The van der Waals surface area contributed by atoms with Crippen LogP contribution < -0.4 is 11.3 Å². The third kappa shape index (κ3) is 5.27. The number of carboxylic acid groups (broad SMARTS) is 1. The van der Waals surface area contributed by atoms with Crippen LogP contribution >= 0.6 is 0 Å². The molecule has 2 aromatic rings. The molecule has 2 aliphatic heterocycles. The molecule has 1 aromatic heterocycles. The number of carbonyl (C=O) groups is 2. The molecule has 3 N–H and O–H groups in total. The Kier molecular flexibility index (Phi) is 7.38. The van der Waals surface area contributed by atoms with Crippen molar-refractivity contribution in [2.24, 2.45) is 22.7 Å². The molecule has 10 heteroatoms. The first-order chi connectivity index (χ1) is 19.6. The monoisotopic (exact) mass is 563 g/mol. The van der Waals surface area contributed by atoms with Crippen LogP contribution in [0.5, 0.6) is 0 Å². The molecule has 1 aromatic carbocycles. The van der Waals surface area contributed by atoms with Crippen LogP contribution in [0.4, 0.5) is 0 Å². The third-order valence-corrected chi connectivity index (χ3v) is 10.0. The second kappa shape index (κ2) is 10.9. The molecule has 41 heavy (non-hydrogen) atoms. The van der Waals surface area contributed by atoms with Gasteiger partial charge in [-0.3, -0.25) is 14.5 Å². The molecule has 4 aliphatic rings. The van der Waals surface area contributed by atoms with Crippen LogP contribution in [0.25, 0.3) is 11.0 Å². The fourth-order valence-corrected chi connectivity index (χ4v) is 8.21. The zero-order chi connectivity index (χ0) is 28.9. The topological polar surface area (TPSA) is 140 Å². The van der Waals surface area contributed by atoms with Crippen molar-refractivity contribution < 1.29 is 19.5 Å². The van der Waals surface area contributed by atoms with Gasteiger partial charge in [0.05, 0.1) is 11.0 Å². The Morgan fingerprint density at radius 1 is 0.951 bits per heavy atom. The number of amides is 1. The van der Waals surface area contributed by atoms with Gasteiger partial charge in [0.2, 0.25) is 5.60 Å². The first-order valence-corrected chi connectivity index (χ1v) is 15.2. The highest BCUT2D eigenvalue weighted by Gasteiger charge is 2.45.